The maximum Gasteiger partial charge on any atom is 0.249 e. The molecule has 0 spiro atoms. The van der Waals surface area contributed by atoms with E-state index in [9.17, 15) is 4.79 Å². The lowest BCUT2D eigenvalue weighted by molar-refractivity contribution is 0.112. The van der Waals surface area contributed by atoms with Crippen LogP contribution in [0.4, 0.5) is 0 Å². The van der Waals surface area contributed by atoms with Gasteiger partial charge < -0.3 is 4.74 Å². The van der Waals surface area contributed by atoms with Gasteiger partial charge in [-0.05, 0) is 24.3 Å². The molecule has 98 valence electrons. The number of nitrogens with zero attached hydrogens (tertiary/aromatic N) is 2. The summed E-state index contributed by atoms with van der Waals surface area (Å²) in [6.45, 7) is 0. The second-order valence-electron chi connectivity index (χ2n) is 4.20. The highest BCUT2D eigenvalue weighted by molar-refractivity contribution is 5.78. The highest BCUT2D eigenvalue weighted by atomic mass is 16.5. The van der Waals surface area contributed by atoms with E-state index in [1.54, 1.807) is 10.9 Å². The monoisotopic (exact) mass is 264 g/mol. The first-order valence-electron chi connectivity index (χ1n) is 6.20. The Labute approximate surface area is 116 Å². The first-order chi connectivity index (χ1) is 9.86. The molecule has 0 bridgehead atoms. The number of hydrogen-bond donors (Lipinski definition) is 0. The van der Waals surface area contributed by atoms with Crippen LogP contribution in [0, 0.1) is 0 Å². The van der Waals surface area contributed by atoms with Gasteiger partial charge in [-0.15, -0.1) is 5.10 Å². The van der Waals surface area contributed by atoms with Crippen LogP contribution in [0.15, 0.2) is 66.9 Å². The Bertz CT molecular complexity index is 706. The second-order valence-corrected chi connectivity index (χ2v) is 4.20. The molecule has 0 atom stereocenters. The summed E-state index contributed by atoms with van der Waals surface area (Å²) in [5.74, 6) is 0.948. The maximum atomic E-state index is 11.1. The third-order valence-corrected chi connectivity index (χ3v) is 2.81. The Morgan fingerprint density at radius 1 is 0.950 bits per heavy atom. The molecule has 0 amide bonds. The number of para-hydroxylation sites is 2. The number of carbonyl (C=O) groups excluding carboxylic acids is 1. The van der Waals surface area contributed by atoms with E-state index in [4.69, 9.17) is 4.74 Å². The van der Waals surface area contributed by atoms with Crippen molar-refractivity contribution in [3.8, 4) is 17.3 Å². The maximum absolute atomic E-state index is 11.1. The Morgan fingerprint density at radius 2 is 1.60 bits per heavy atom. The van der Waals surface area contributed by atoms with Crippen LogP contribution in [0.3, 0.4) is 0 Å². The van der Waals surface area contributed by atoms with Crippen molar-refractivity contribution in [3.05, 3.63) is 72.4 Å². The van der Waals surface area contributed by atoms with Crippen LogP contribution in [-0.4, -0.2) is 16.1 Å². The fourth-order valence-corrected chi connectivity index (χ4v) is 1.84. The van der Waals surface area contributed by atoms with Crippen molar-refractivity contribution in [2.24, 2.45) is 0 Å². The van der Waals surface area contributed by atoms with Gasteiger partial charge >= 0.3 is 0 Å². The summed E-state index contributed by atoms with van der Waals surface area (Å²) in [6, 6.07) is 18.8. The van der Waals surface area contributed by atoms with Crippen LogP contribution in [0.1, 0.15) is 10.4 Å². The van der Waals surface area contributed by atoms with Gasteiger partial charge in [0, 0.05) is 6.20 Å². The number of carbonyl (C=O) groups is 1. The number of aromatic nitrogens is 2. The zero-order valence-corrected chi connectivity index (χ0v) is 10.6. The molecule has 0 saturated carbocycles. The van der Waals surface area contributed by atoms with E-state index in [1.807, 2.05) is 60.7 Å². The largest absolute Gasteiger partial charge is 0.437 e. The van der Waals surface area contributed by atoms with Crippen molar-refractivity contribution in [1.82, 2.24) is 9.78 Å². The second kappa shape index (κ2) is 5.40. The SMILES string of the molecule is O=Cc1cn(-c2ccccc2)nc1Oc1ccccc1. The van der Waals surface area contributed by atoms with E-state index in [0.29, 0.717) is 17.2 Å². The van der Waals surface area contributed by atoms with Crippen molar-refractivity contribution in [2.45, 2.75) is 0 Å². The van der Waals surface area contributed by atoms with Crippen LogP contribution in [0.25, 0.3) is 5.69 Å². The average molecular weight is 264 g/mol. The molecule has 0 N–H and O–H groups in total. The molecule has 0 saturated heterocycles. The van der Waals surface area contributed by atoms with E-state index in [-0.39, 0.29) is 0 Å². The minimum absolute atomic E-state index is 0.301. The zero-order valence-electron chi connectivity index (χ0n) is 10.6. The lowest BCUT2D eigenvalue weighted by atomic mass is 10.3. The summed E-state index contributed by atoms with van der Waals surface area (Å²) in [5, 5.41) is 4.31. The predicted molar refractivity (Wildman–Crippen MR) is 75.5 cm³/mol. The highest BCUT2D eigenvalue weighted by Crippen LogP contribution is 2.23. The summed E-state index contributed by atoms with van der Waals surface area (Å²) in [6.07, 6.45) is 2.39. The topological polar surface area (TPSA) is 44.1 Å². The Balaban J connectivity index is 1.95. The first-order valence-corrected chi connectivity index (χ1v) is 6.20. The molecular formula is C16H12N2O2. The minimum atomic E-state index is 0.301. The van der Waals surface area contributed by atoms with Crippen molar-refractivity contribution in [1.29, 1.82) is 0 Å². The van der Waals surface area contributed by atoms with Crippen LogP contribution in [0.5, 0.6) is 11.6 Å². The van der Waals surface area contributed by atoms with Crippen molar-refractivity contribution in [2.75, 3.05) is 0 Å². The Kier molecular flexibility index (Phi) is 3.29. The summed E-state index contributed by atoms with van der Waals surface area (Å²) in [7, 11) is 0. The first kappa shape index (κ1) is 12.2. The predicted octanol–water partition coefficient (Wildman–Crippen LogP) is 3.48. The summed E-state index contributed by atoms with van der Waals surface area (Å²) < 4.78 is 7.27. The van der Waals surface area contributed by atoms with Crippen molar-refractivity contribution < 1.29 is 9.53 Å². The van der Waals surface area contributed by atoms with E-state index in [1.165, 1.54) is 0 Å². The molecule has 3 aromatic rings. The van der Waals surface area contributed by atoms with Gasteiger partial charge in [-0.3, -0.25) is 4.79 Å². The van der Waals surface area contributed by atoms with Gasteiger partial charge in [0.15, 0.2) is 6.29 Å². The van der Waals surface area contributed by atoms with Gasteiger partial charge in [-0.25, -0.2) is 4.68 Å². The minimum Gasteiger partial charge on any atom is -0.437 e. The number of aldehydes is 1. The molecule has 4 nitrogen and oxygen atoms in total. The number of ether oxygens (including phenoxy) is 1. The molecule has 1 aromatic heterocycles. The van der Waals surface area contributed by atoms with Crippen LogP contribution < -0.4 is 4.74 Å². The highest BCUT2D eigenvalue weighted by Gasteiger charge is 2.11. The third-order valence-electron chi connectivity index (χ3n) is 2.81. The molecule has 0 fully saturated rings. The molecule has 0 aliphatic carbocycles. The van der Waals surface area contributed by atoms with E-state index in [2.05, 4.69) is 5.10 Å². The molecule has 4 heteroatoms. The molecule has 0 aliphatic heterocycles. The molecular weight excluding hydrogens is 252 g/mol. The standard InChI is InChI=1S/C16H12N2O2/c19-12-13-11-18(14-7-3-1-4-8-14)17-16(13)20-15-9-5-2-6-10-15/h1-12H. The lowest BCUT2D eigenvalue weighted by Crippen LogP contribution is -1.94. The molecule has 0 unspecified atom stereocenters. The van der Waals surface area contributed by atoms with Gasteiger partial charge in [-0.2, -0.15) is 0 Å². The van der Waals surface area contributed by atoms with Gasteiger partial charge in [0.25, 0.3) is 0 Å². The van der Waals surface area contributed by atoms with Gasteiger partial charge in [0.1, 0.15) is 5.75 Å². The molecule has 1 heterocycles. The van der Waals surface area contributed by atoms with Crippen LogP contribution in [-0.2, 0) is 0 Å². The molecule has 0 aliphatic rings. The van der Waals surface area contributed by atoms with Gasteiger partial charge in [0.2, 0.25) is 5.88 Å². The molecule has 20 heavy (non-hydrogen) atoms. The molecule has 2 aromatic carbocycles. The van der Waals surface area contributed by atoms with E-state index >= 15 is 0 Å². The normalized spacial score (nSPS) is 10.2. The Morgan fingerprint density at radius 3 is 2.25 bits per heavy atom. The van der Waals surface area contributed by atoms with Gasteiger partial charge in [0.05, 0.1) is 11.3 Å². The smallest absolute Gasteiger partial charge is 0.249 e. The molecule has 3 rings (SSSR count). The fourth-order valence-electron chi connectivity index (χ4n) is 1.84. The third kappa shape index (κ3) is 2.44. The van der Waals surface area contributed by atoms with E-state index in [0.717, 1.165) is 12.0 Å². The summed E-state index contributed by atoms with van der Waals surface area (Å²) in [5.41, 5.74) is 1.29. The van der Waals surface area contributed by atoms with Crippen molar-refractivity contribution >= 4 is 6.29 Å². The zero-order chi connectivity index (χ0) is 13.8. The van der Waals surface area contributed by atoms with Crippen molar-refractivity contribution in [3.63, 3.8) is 0 Å². The average Bonchev–Trinajstić information content (AvgIpc) is 2.92. The quantitative estimate of drug-likeness (QED) is 0.678. The summed E-state index contributed by atoms with van der Waals surface area (Å²) >= 11 is 0. The number of rotatable bonds is 4. The fraction of sp³-hybridized carbons (Fsp3) is 0. The van der Waals surface area contributed by atoms with Gasteiger partial charge in [-0.1, -0.05) is 36.4 Å². The summed E-state index contributed by atoms with van der Waals surface area (Å²) in [4.78, 5) is 11.1. The molecule has 0 radical (unpaired) electrons. The number of benzene rings is 2. The Hall–Kier alpha value is -2.88. The van der Waals surface area contributed by atoms with Crippen LogP contribution >= 0.6 is 0 Å². The number of hydrogen-bond acceptors (Lipinski definition) is 3. The lowest BCUT2D eigenvalue weighted by Gasteiger charge is -2.02. The van der Waals surface area contributed by atoms with E-state index < -0.39 is 0 Å². The van der Waals surface area contributed by atoms with Crippen LogP contribution in [0.2, 0.25) is 0 Å².